The summed E-state index contributed by atoms with van der Waals surface area (Å²) < 4.78 is 10.7. The van der Waals surface area contributed by atoms with Crippen molar-refractivity contribution in [1.29, 1.82) is 0 Å². The Morgan fingerprint density at radius 1 is 1.06 bits per heavy atom. The van der Waals surface area contributed by atoms with Gasteiger partial charge in [-0.2, -0.15) is 0 Å². The van der Waals surface area contributed by atoms with Crippen LogP contribution < -0.4 is 14.8 Å². The molecule has 33 heavy (non-hydrogen) atoms. The highest BCUT2D eigenvalue weighted by Crippen LogP contribution is 2.26. The Bertz CT molecular complexity index is 1110. The molecule has 3 heterocycles. The molecule has 0 atom stereocenters. The van der Waals surface area contributed by atoms with Crippen molar-refractivity contribution in [3.8, 4) is 11.5 Å². The minimum atomic E-state index is -0.242. The number of nitrogens with zero attached hydrogens (tertiary/aromatic N) is 4. The van der Waals surface area contributed by atoms with Gasteiger partial charge >= 0.3 is 0 Å². The van der Waals surface area contributed by atoms with Gasteiger partial charge in [0.05, 0.1) is 20.3 Å². The molecule has 1 saturated heterocycles. The summed E-state index contributed by atoms with van der Waals surface area (Å²) in [6.07, 6.45) is 1.01. The average Bonchev–Trinajstić information content (AvgIpc) is 3.50. The number of carbonyl (C=O) groups excluding carboxylic acids is 1. The molecular formula is C24H27N5O3S. The number of piperazine rings is 1. The molecule has 0 bridgehead atoms. The van der Waals surface area contributed by atoms with Crippen molar-refractivity contribution in [3.63, 3.8) is 0 Å². The molecule has 1 fully saturated rings. The molecular weight excluding hydrogens is 438 g/mol. The van der Waals surface area contributed by atoms with Crippen LogP contribution in [0.2, 0.25) is 0 Å². The largest absolute Gasteiger partial charge is 0.497 e. The van der Waals surface area contributed by atoms with Gasteiger partial charge < -0.3 is 14.8 Å². The second-order valence-electron chi connectivity index (χ2n) is 8.28. The molecule has 0 aliphatic carbocycles. The lowest BCUT2D eigenvalue weighted by Gasteiger charge is -2.34. The van der Waals surface area contributed by atoms with Crippen molar-refractivity contribution in [2.45, 2.75) is 19.5 Å². The van der Waals surface area contributed by atoms with E-state index < -0.39 is 0 Å². The number of hydrogen-bond acceptors (Lipinski definition) is 8. The second kappa shape index (κ2) is 9.86. The van der Waals surface area contributed by atoms with Crippen LogP contribution in [0, 0.1) is 0 Å². The Morgan fingerprint density at radius 2 is 1.82 bits per heavy atom. The van der Waals surface area contributed by atoms with Gasteiger partial charge in [-0.25, -0.2) is 0 Å². The normalized spacial score (nSPS) is 16.3. The quantitative estimate of drug-likeness (QED) is 0.574. The number of hydrogen-bond donors (Lipinski definition) is 1. The Balaban J connectivity index is 1.10. The van der Waals surface area contributed by atoms with E-state index in [9.17, 15) is 4.79 Å². The van der Waals surface area contributed by atoms with Crippen LogP contribution in [0.1, 0.15) is 25.9 Å². The Kier molecular flexibility index (Phi) is 6.52. The molecule has 3 aromatic rings. The Hall–Kier alpha value is -3.01. The third-order valence-corrected chi connectivity index (χ3v) is 6.90. The number of amides is 1. The van der Waals surface area contributed by atoms with Gasteiger partial charge in [0.25, 0.3) is 5.91 Å². The maximum Gasteiger partial charge on any atom is 0.286 e. The van der Waals surface area contributed by atoms with E-state index in [1.54, 1.807) is 31.4 Å². The first-order valence-electron chi connectivity index (χ1n) is 11.1. The summed E-state index contributed by atoms with van der Waals surface area (Å²) in [5.41, 5.74) is 3.38. The monoisotopic (exact) mass is 465 g/mol. The van der Waals surface area contributed by atoms with Gasteiger partial charge in [0.1, 0.15) is 16.5 Å². The molecule has 8 nitrogen and oxygen atoms in total. The van der Waals surface area contributed by atoms with Crippen molar-refractivity contribution in [3.05, 3.63) is 63.6 Å². The van der Waals surface area contributed by atoms with Gasteiger partial charge in [0, 0.05) is 44.8 Å². The average molecular weight is 466 g/mol. The van der Waals surface area contributed by atoms with Gasteiger partial charge in [0.2, 0.25) is 5.01 Å². The predicted octanol–water partition coefficient (Wildman–Crippen LogP) is 3.05. The SMILES string of the molecule is COc1ccc(NC(=O)c2nnc(CN3CCN(Cc4ccc5c(c4)CCO5)CC3)s2)cc1. The molecule has 1 N–H and O–H groups in total. The molecule has 0 spiro atoms. The van der Waals surface area contributed by atoms with Crippen molar-refractivity contribution in [2.24, 2.45) is 0 Å². The topological polar surface area (TPSA) is 79.8 Å². The third-order valence-electron chi connectivity index (χ3n) is 5.99. The van der Waals surface area contributed by atoms with Gasteiger partial charge in [0.15, 0.2) is 0 Å². The Morgan fingerprint density at radius 3 is 2.58 bits per heavy atom. The number of nitrogens with one attached hydrogen (secondary N) is 1. The summed E-state index contributed by atoms with van der Waals surface area (Å²) in [5, 5.41) is 12.4. The first kappa shape index (κ1) is 21.8. The van der Waals surface area contributed by atoms with Crippen LogP contribution in [0.4, 0.5) is 5.69 Å². The summed E-state index contributed by atoms with van der Waals surface area (Å²) in [5.74, 6) is 1.54. The number of carbonyl (C=O) groups is 1. The molecule has 1 aromatic heterocycles. The zero-order chi connectivity index (χ0) is 22.6. The molecule has 2 aliphatic rings. The molecule has 172 valence electrons. The van der Waals surface area contributed by atoms with Gasteiger partial charge in [-0.1, -0.05) is 23.5 Å². The van der Waals surface area contributed by atoms with Crippen LogP contribution in [0.25, 0.3) is 0 Å². The van der Waals surface area contributed by atoms with E-state index >= 15 is 0 Å². The summed E-state index contributed by atoms with van der Waals surface area (Å²) in [4.78, 5) is 17.4. The number of rotatable bonds is 7. The van der Waals surface area contributed by atoms with E-state index in [0.717, 1.165) is 68.8 Å². The van der Waals surface area contributed by atoms with Crippen molar-refractivity contribution < 1.29 is 14.3 Å². The van der Waals surface area contributed by atoms with Crippen molar-refractivity contribution in [1.82, 2.24) is 20.0 Å². The lowest BCUT2D eigenvalue weighted by atomic mass is 10.1. The fraction of sp³-hybridized carbons (Fsp3) is 0.375. The summed E-state index contributed by atoms with van der Waals surface area (Å²) in [6, 6.07) is 13.8. The van der Waals surface area contributed by atoms with Crippen LogP contribution in [0.15, 0.2) is 42.5 Å². The number of fused-ring (bicyclic) bond motifs is 1. The van der Waals surface area contributed by atoms with Crippen LogP contribution in [-0.4, -0.2) is 65.8 Å². The second-order valence-corrected chi connectivity index (χ2v) is 9.34. The van der Waals surface area contributed by atoms with Crippen LogP contribution in [-0.2, 0) is 19.5 Å². The predicted molar refractivity (Wildman–Crippen MR) is 127 cm³/mol. The minimum Gasteiger partial charge on any atom is -0.497 e. The highest BCUT2D eigenvalue weighted by atomic mass is 32.1. The fourth-order valence-electron chi connectivity index (χ4n) is 4.16. The summed E-state index contributed by atoms with van der Waals surface area (Å²) in [6.45, 7) is 6.46. The first-order valence-corrected chi connectivity index (χ1v) is 11.9. The smallest absolute Gasteiger partial charge is 0.286 e. The minimum absolute atomic E-state index is 0.242. The lowest BCUT2D eigenvalue weighted by molar-refractivity contribution is 0.102. The van der Waals surface area contributed by atoms with Crippen molar-refractivity contribution in [2.75, 3.05) is 45.2 Å². The fourth-order valence-corrected chi connectivity index (χ4v) is 4.94. The number of aromatic nitrogens is 2. The molecule has 0 radical (unpaired) electrons. The van der Waals surface area contributed by atoms with Crippen molar-refractivity contribution >= 4 is 22.9 Å². The van der Waals surface area contributed by atoms with Gasteiger partial charge in [-0.05, 0) is 41.5 Å². The highest BCUT2D eigenvalue weighted by molar-refractivity contribution is 7.13. The zero-order valence-corrected chi connectivity index (χ0v) is 19.4. The highest BCUT2D eigenvalue weighted by Gasteiger charge is 2.21. The van der Waals surface area contributed by atoms with Gasteiger partial charge in [-0.3, -0.25) is 14.6 Å². The molecule has 0 saturated carbocycles. The van der Waals surface area contributed by atoms with Crippen LogP contribution in [0.5, 0.6) is 11.5 Å². The summed E-state index contributed by atoms with van der Waals surface area (Å²) >= 11 is 1.35. The van der Waals surface area contributed by atoms with E-state index in [-0.39, 0.29) is 5.91 Å². The van der Waals surface area contributed by atoms with E-state index in [1.165, 1.54) is 22.5 Å². The van der Waals surface area contributed by atoms with E-state index in [4.69, 9.17) is 9.47 Å². The van der Waals surface area contributed by atoms with Crippen LogP contribution in [0.3, 0.4) is 0 Å². The number of anilines is 1. The number of methoxy groups -OCH3 is 1. The zero-order valence-electron chi connectivity index (χ0n) is 18.6. The molecule has 2 aromatic carbocycles. The number of benzene rings is 2. The van der Waals surface area contributed by atoms with Crippen LogP contribution >= 0.6 is 11.3 Å². The summed E-state index contributed by atoms with van der Waals surface area (Å²) in [7, 11) is 1.61. The standard InChI is InChI=1S/C24H27N5O3S/c1-31-20-5-3-19(4-6-20)25-23(30)24-27-26-22(33-24)16-29-11-9-28(10-12-29)15-17-2-7-21-18(14-17)8-13-32-21/h2-7,14H,8-13,15-16H2,1H3,(H,25,30). The van der Waals surface area contributed by atoms with E-state index in [1.807, 2.05) is 0 Å². The number of ether oxygens (including phenoxy) is 2. The molecule has 0 unspecified atom stereocenters. The molecule has 9 heteroatoms. The van der Waals surface area contributed by atoms with E-state index in [0.29, 0.717) is 10.7 Å². The lowest BCUT2D eigenvalue weighted by Crippen LogP contribution is -2.45. The molecule has 5 rings (SSSR count). The maximum atomic E-state index is 12.5. The molecule has 1 amide bonds. The molecule has 2 aliphatic heterocycles. The third kappa shape index (κ3) is 5.32. The maximum absolute atomic E-state index is 12.5. The Labute approximate surface area is 197 Å². The van der Waals surface area contributed by atoms with Gasteiger partial charge in [-0.15, -0.1) is 10.2 Å². The van der Waals surface area contributed by atoms with E-state index in [2.05, 4.69) is 43.5 Å². The first-order chi connectivity index (χ1) is 16.2.